The van der Waals surface area contributed by atoms with Crippen LogP contribution in [0.2, 0.25) is 10.3 Å². The van der Waals surface area contributed by atoms with Gasteiger partial charge in [0.25, 0.3) is 0 Å². The van der Waals surface area contributed by atoms with Crippen LogP contribution in [-0.2, 0) is 9.31 Å². The first kappa shape index (κ1) is 43.9. The summed E-state index contributed by atoms with van der Waals surface area (Å²) in [6.45, 7) is 8.24. The van der Waals surface area contributed by atoms with Crippen molar-refractivity contribution in [3.8, 4) is 56.9 Å². The van der Waals surface area contributed by atoms with E-state index < -0.39 is 54.6 Å². The van der Waals surface area contributed by atoms with Gasteiger partial charge in [0.15, 0.2) is 29.1 Å². The summed E-state index contributed by atoms with van der Waals surface area (Å²) in [4.78, 5) is 26.4. The van der Waals surface area contributed by atoms with E-state index in [1.165, 1.54) is 26.9 Å². The zero-order valence-electron chi connectivity index (χ0n) is 55.5. The van der Waals surface area contributed by atoms with E-state index in [1.54, 1.807) is 24.3 Å². The maximum atomic E-state index is 8.56. The first-order chi connectivity index (χ1) is 45.0. The van der Waals surface area contributed by atoms with Gasteiger partial charge < -0.3 is 9.31 Å². The summed E-state index contributed by atoms with van der Waals surface area (Å²) < 4.78 is 94.0. The Morgan fingerprint density at radius 2 is 0.690 bits per heavy atom. The van der Waals surface area contributed by atoms with Gasteiger partial charge in [-0.3, -0.25) is 0 Å². The molecule has 406 valence electrons. The van der Waals surface area contributed by atoms with E-state index in [-0.39, 0.29) is 58.1 Å². The summed E-state index contributed by atoms with van der Waals surface area (Å²) in [6, 6.07) is 56.0. The zero-order valence-corrected chi connectivity index (χ0v) is 48.6. The Bertz CT molecular complexity index is 5360. The molecule has 84 heavy (non-hydrogen) atoms. The fourth-order valence-electron chi connectivity index (χ4n) is 10.4. The van der Waals surface area contributed by atoms with Crippen molar-refractivity contribution >= 4 is 116 Å². The summed E-state index contributed by atoms with van der Waals surface area (Å²) >= 11 is 16.5. The molecule has 0 saturated carbocycles. The Kier molecular flexibility index (Phi) is 11.9. The Balaban J connectivity index is 0.000000135. The number of hydrogen-bond acceptors (Lipinski definition) is 8. The molecule has 0 atom stereocenters. The van der Waals surface area contributed by atoms with Crippen LogP contribution in [0.4, 0.5) is 0 Å². The third-order valence-electron chi connectivity index (χ3n) is 15.2. The van der Waals surface area contributed by atoms with Crippen molar-refractivity contribution in [2.45, 2.75) is 38.9 Å². The van der Waals surface area contributed by atoms with Gasteiger partial charge in [-0.15, -0.1) is 0 Å². The van der Waals surface area contributed by atoms with Crippen molar-refractivity contribution in [1.29, 1.82) is 0 Å². The molecular formula is C72H52BBrCl2N6O2. The van der Waals surface area contributed by atoms with E-state index >= 15 is 0 Å². The van der Waals surface area contributed by atoms with Crippen LogP contribution in [0, 0.1) is 0 Å². The number of rotatable bonds is 6. The number of benzene rings is 12. The van der Waals surface area contributed by atoms with Crippen molar-refractivity contribution in [3.05, 3.63) is 257 Å². The molecule has 1 aliphatic rings. The Morgan fingerprint density at radius 1 is 0.369 bits per heavy atom. The molecule has 3 heterocycles. The maximum Gasteiger partial charge on any atom is 0.496 e. The second-order valence-electron chi connectivity index (χ2n) is 20.9. The summed E-state index contributed by atoms with van der Waals surface area (Å²) in [5.41, 5.74) is 1.98. The van der Waals surface area contributed by atoms with Crippen molar-refractivity contribution in [2.75, 3.05) is 0 Å². The quantitative estimate of drug-likeness (QED) is 0.120. The van der Waals surface area contributed by atoms with Gasteiger partial charge in [0.05, 0.1) is 24.9 Å². The van der Waals surface area contributed by atoms with Gasteiger partial charge in [0, 0.05) is 42.8 Å². The Labute approximate surface area is 519 Å². The highest BCUT2D eigenvalue weighted by atomic mass is 79.9. The van der Waals surface area contributed by atoms with Gasteiger partial charge in [-0.05, 0) is 122 Å². The normalized spacial score (nSPS) is 15.2. The molecule has 15 rings (SSSR count). The van der Waals surface area contributed by atoms with E-state index in [0.717, 1.165) is 47.6 Å². The SMILES string of the molecule is CC1(C)OB(c2cc3c4ccccc4c4ccccc4c3cc2Cl)OC1(C)C.[2H]c1c([2H])c([2H])c(-c2nc(-c3ccccc3)nc(-c3cc4c5ccccc5c5ccccc5c4cc3Br)n2)c([2H])c1[2H].[2H]c1c([2H])c([2H])c(-c2nc(Cl)nc(-c3ccccc3)n2)c([2H])c1[2H]. The molecule has 0 amide bonds. The van der Waals surface area contributed by atoms with Crippen LogP contribution in [0.25, 0.3) is 122 Å². The van der Waals surface area contributed by atoms with Crippen molar-refractivity contribution < 1.29 is 23.0 Å². The summed E-state index contributed by atoms with van der Waals surface area (Å²) in [6.07, 6.45) is 0. The lowest BCUT2D eigenvalue weighted by Gasteiger charge is -2.32. The van der Waals surface area contributed by atoms with Crippen LogP contribution in [0.3, 0.4) is 0 Å². The average molecular weight is 1200 g/mol. The summed E-state index contributed by atoms with van der Waals surface area (Å²) in [7, 11) is -0.480. The Morgan fingerprint density at radius 3 is 1.12 bits per heavy atom. The first-order valence-corrected chi connectivity index (χ1v) is 28.4. The topological polar surface area (TPSA) is 95.8 Å². The molecule has 12 aromatic carbocycles. The molecule has 8 nitrogen and oxygen atoms in total. The molecule has 0 N–H and O–H groups in total. The molecule has 2 aromatic heterocycles. The van der Waals surface area contributed by atoms with Crippen LogP contribution in [-0.4, -0.2) is 48.2 Å². The van der Waals surface area contributed by atoms with E-state index in [0.29, 0.717) is 33.4 Å². The van der Waals surface area contributed by atoms with Gasteiger partial charge >= 0.3 is 7.12 Å². The zero-order chi connectivity index (χ0) is 66.2. The van der Waals surface area contributed by atoms with Crippen LogP contribution >= 0.6 is 39.1 Å². The van der Waals surface area contributed by atoms with Gasteiger partial charge in [-0.1, -0.05) is 252 Å². The molecule has 1 fully saturated rings. The predicted molar refractivity (Wildman–Crippen MR) is 352 cm³/mol. The number of fused-ring (bicyclic) bond motifs is 12. The molecule has 14 aromatic rings. The van der Waals surface area contributed by atoms with Crippen LogP contribution in [0.15, 0.2) is 247 Å². The van der Waals surface area contributed by atoms with Crippen molar-refractivity contribution in [1.82, 2.24) is 29.9 Å². The second kappa shape index (κ2) is 22.8. The lowest BCUT2D eigenvalue weighted by molar-refractivity contribution is 0.00578. The number of nitrogens with zero attached hydrogens (tertiary/aromatic N) is 6. The standard InChI is InChI=1S/C33H20BrN3.C24H22BClO2.C15H10ClN3/c34-30-20-28-26-18-10-8-16-24(26)23-15-7-9-17-25(23)27(28)19-29(30)33-36-31(21-11-3-1-4-12-21)35-32(37-33)22-13-5-2-6-14-22;1-23(2)24(3,4)28-25(27-23)21-13-19-17-11-7-5-9-15(17)16-10-6-8-12-18(16)20(19)14-22(21)26;16-15-18-13(11-7-3-1-4-8-11)17-14(19-15)12-9-5-2-6-10-12/h1-20H;5-14H,1-4H3;1-10H/i1D,3D,4D,11D,12D;;1D,3D,4D,7D,8D. The fraction of sp³-hybridized carbons (Fsp3) is 0.0833. The van der Waals surface area contributed by atoms with Gasteiger partial charge in [0.2, 0.25) is 5.28 Å². The number of aromatic nitrogens is 6. The largest absolute Gasteiger partial charge is 0.496 e. The molecule has 0 spiro atoms. The highest BCUT2D eigenvalue weighted by Crippen LogP contribution is 2.42. The Hall–Kier alpha value is -8.74. The molecule has 1 saturated heterocycles. The molecular weight excluding hydrogens is 1140 g/mol. The molecule has 0 unspecified atom stereocenters. The van der Waals surface area contributed by atoms with E-state index in [2.05, 4.69) is 155 Å². The average Bonchev–Trinajstić information content (AvgIpc) is 1.35. The monoisotopic (exact) mass is 1200 g/mol. The highest BCUT2D eigenvalue weighted by Gasteiger charge is 2.52. The minimum Gasteiger partial charge on any atom is -0.399 e. The summed E-state index contributed by atoms with van der Waals surface area (Å²) in [5, 5.41) is 14.4. The summed E-state index contributed by atoms with van der Waals surface area (Å²) in [5.74, 6) is 0.851. The van der Waals surface area contributed by atoms with E-state index in [4.69, 9.17) is 56.2 Å². The van der Waals surface area contributed by atoms with E-state index in [9.17, 15) is 0 Å². The molecule has 12 heteroatoms. The lowest BCUT2D eigenvalue weighted by Crippen LogP contribution is -2.41. The van der Waals surface area contributed by atoms with E-state index in [1.807, 2.05) is 66.7 Å². The first-order valence-electron chi connectivity index (χ1n) is 31.9. The van der Waals surface area contributed by atoms with Gasteiger partial charge in [-0.2, -0.15) is 9.97 Å². The smallest absolute Gasteiger partial charge is 0.399 e. The molecule has 0 radical (unpaired) electrons. The maximum absolute atomic E-state index is 8.56. The molecule has 0 bridgehead atoms. The van der Waals surface area contributed by atoms with Crippen LogP contribution in [0.1, 0.15) is 41.4 Å². The minimum atomic E-state index is -0.480. The van der Waals surface area contributed by atoms with Crippen LogP contribution < -0.4 is 5.46 Å². The molecule has 0 aliphatic carbocycles. The van der Waals surface area contributed by atoms with Crippen LogP contribution in [0.5, 0.6) is 0 Å². The fourth-order valence-corrected chi connectivity index (χ4v) is 11.3. The van der Waals surface area contributed by atoms with Gasteiger partial charge in [0.1, 0.15) is 0 Å². The van der Waals surface area contributed by atoms with Crippen molar-refractivity contribution in [3.63, 3.8) is 0 Å². The minimum absolute atomic E-state index is 0.00576. The third kappa shape index (κ3) is 10.6. The van der Waals surface area contributed by atoms with Gasteiger partial charge in [-0.25, -0.2) is 19.9 Å². The molecule has 1 aliphatic heterocycles. The lowest BCUT2D eigenvalue weighted by atomic mass is 9.77. The second-order valence-corrected chi connectivity index (χ2v) is 22.5. The number of hydrogen-bond donors (Lipinski definition) is 0. The third-order valence-corrected chi connectivity index (χ3v) is 16.3. The highest BCUT2D eigenvalue weighted by molar-refractivity contribution is 9.10. The van der Waals surface area contributed by atoms with Crippen molar-refractivity contribution in [2.24, 2.45) is 0 Å². The number of halogens is 3. The predicted octanol–water partition coefficient (Wildman–Crippen LogP) is 19.1.